The van der Waals surface area contributed by atoms with Crippen LogP contribution in [0.2, 0.25) is 0 Å². The van der Waals surface area contributed by atoms with Crippen molar-refractivity contribution < 1.29 is 19.6 Å². The van der Waals surface area contributed by atoms with Crippen molar-refractivity contribution in [3.8, 4) is 0 Å². The van der Waals surface area contributed by atoms with Crippen LogP contribution in [0.15, 0.2) is 0 Å². The van der Waals surface area contributed by atoms with E-state index in [1.807, 2.05) is 0 Å². The lowest BCUT2D eigenvalue weighted by molar-refractivity contribution is -0.144. The molecule has 0 rings (SSSR count). The first-order valence-corrected chi connectivity index (χ1v) is 4.79. The fourth-order valence-electron chi connectivity index (χ4n) is 1.13. The highest BCUT2D eigenvalue weighted by Crippen LogP contribution is 1.99. The molecule has 0 aliphatic rings. The highest BCUT2D eigenvalue weighted by Gasteiger charge is 2.25. The van der Waals surface area contributed by atoms with Crippen molar-refractivity contribution in [1.29, 1.82) is 0 Å². The third kappa shape index (κ3) is 3.85. The number of likely N-dealkylation sites (N-methyl/N-ethyl adjacent to an activating group) is 1. The average Bonchev–Trinajstić information content (AvgIpc) is 2.23. The fourth-order valence-corrected chi connectivity index (χ4v) is 1.13. The first-order valence-electron chi connectivity index (χ1n) is 4.79. The molecular weight excluding hydrogens is 214 g/mol. The summed E-state index contributed by atoms with van der Waals surface area (Å²) in [6, 6.07) is -1.52. The van der Waals surface area contributed by atoms with Gasteiger partial charge in [0.25, 0.3) is 5.91 Å². The number of rotatable bonds is 4. The molecule has 92 valence electrons. The molecule has 7 heteroatoms. The molecule has 3 amide bonds. The molecule has 0 aliphatic heterocycles. The summed E-state index contributed by atoms with van der Waals surface area (Å²) in [7, 11) is 1.42. The van der Waals surface area contributed by atoms with E-state index in [0.717, 1.165) is 4.90 Å². The average molecular weight is 231 g/mol. The molecule has 0 spiro atoms. The van der Waals surface area contributed by atoms with E-state index < -0.39 is 23.9 Å². The summed E-state index contributed by atoms with van der Waals surface area (Å²) in [4.78, 5) is 34.6. The molecule has 0 heterocycles. The van der Waals surface area contributed by atoms with Crippen molar-refractivity contribution in [2.75, 3.05) is 7.05 Å². The summed E-state index contributed by atoms with van der Waals surface area (Å²) >= 11 is 0. The Morgan fingerprint density at radius 1 is 1.25 bits per heavy atom. The van der Waals surface area contributed by atoms with Crippen LogP contribution in [0.4, 0.5) is 0 Å². The van der Waals surface area contributed by atoms with Gasteiger partial charge in [-0.15, -0.1) is 0 Å². The van der Waals surface area contributed by atoms with Crippen molar-refractivity contribution in [2.45, 2.75) is 32.9 Å². The van der Waals surface area contributed by atoms with Crippen LogP contribution in [0.25, 0.3) is 0 Å². The van der Waals surface area contributed by atoms with E-state index in [2.05, 4.69) is 5.32 Å². The number of carbonyl (C=O) groups excluding carboxylic acids is 3. The predicted molar refractivity (Wildman–Crippen MR) is 55.4 cm³/mol. The van der Waals surface area contributed by atoms with E-state index in [0.29, 0.717) is 0 Å². The Morgan fingerprint density at radius 3 is 2.12 bits per heavy atom. The van der Waals surface area contributed by atoms with E-state index in [9.17, 15) is 14.4 Å². The largest absolute Gasteiger partial charge is 0.345 e. The van der Waals surface area contributed by atoms with Crippen molar-refractivity contribution in [3.05, 3.63) is 0 Å². The fraction of sp³-hybridized carbons (Fsp3) is 0.667. The van der Waals surface area contributed by atoms with Gasteiger partial charge in [-0.3, -0.25) is 19.6 Å². The topological polar surface area (TPSA) is 98.7 Å². The summed E-state index contributed by atoms with van der Waals surface area (Å²) in [6.07, 6.45) is 0. The Bertz CT molecular complexity index is 292. The van der Waals surface area contributed by atoms with E-state index in [1.165, 1.54) is 33.3 Å². The maximum Gasteiger partial charge on any atom is 0.265 e. The quantitative estimate of drug-likeness (QED) is 0.421. The number of amides is 3. The second-order valence-corrected chi connectivity index (χ2v) is 3.52. The third-order valence-corrected chi connectivity index (χ3v) is 2.21. The number of hydrogen-bond acceptors (Lipinski definition) is 4. The van der Waals surface area contributed by atoms with Crippen LogP contribution in [-0.4, -0.2) is 47.0 Å². The highest BCUT2D eigenvalue weighted by atomic mass is 16.5. The molecule has 3 N–H and O–H groups in total. The second-order valence-electron chi connectivity index (χ2n) is 3.52. The van der Waals surface area contributed by atoms with Gasteiger partial charge >= 0.3 is 0 Å². The van der Waals surface area contributed by atoms with Crippen molar-refractivity contribution >= 4 is 17.7 Å². The van der Waals surface area contributed by atoms with Gasteiger partial charge in [0, 0.05) is 14.0 Å². The van der Waals surface area contributed by atoms with Crippen molar-refractivity contribution in [1.82, 2.24) is 15.7 Å². The van der Waals surface area contributed by atoms with Gasteiger partial charge in [-0.25, -0.2) is 5.48 Å². The van der Waals surface area contributed by atoms with E-state index >= 15 is 0 Å². The van der Waals surface area contributed by atoms with Crippen LogP contribution in [-0.2, 0) is 14.4 Å². The first-order chi connectivity index (χ1) is 7.31. The zero-order valence-electron chi connectivity index (χ0n) is 9.77. The molecule has 7 nitrogen and oxygen atoms in total. The molecule has 0 radical (unpaired) electrons. The zero-order valence-corrected chi connectivity index (χ0v) is 9.77. The minimum Gasteiger partial charge on any atom is -0.345 e. The summed E-state index contributed by atoms with van der Waals surface area (Å²) in [6.45, 7) is 4.28. The standard InChI is InChI=1S/C9H17N3O4/c1-5(10-7(3)13)9(15)12(4)6(2)8(14)11-16/h5-6,16H,1-4H3,(H,10,13)(H,11,14). The molecule has 0 bridgehead atoms. The maximum atomic E-state index is 11.7. The lowest BCUT2D eigenvalue weighted by atomic mass is 10.2. The molecule has 2 atom stereocenters. The number of nitrogens with one attached hydrogen (secondary N) is 2. The summed E-state index contributed by atoms with van der Waals surface area (Å²) < 4.78 is 0. The molecule has 0 saturated carbocycles. The minimum atomic E-state index is -0.811. The van der Waals surface area contributed by atoms with Gasteiger partial charge in [0.1, 0.15) is 12.1 Å². The van der Waals surface area contributed by atoms with Crippen LogP contribution in [0.3, 0.4) is 0 Å². The van der Waals surface area contributed by atoms with E-state index in [4.69, 9.17) is 5.21 Å². The number of nitrogens with zero attached hydrogens (tertiary/aromatic N) is 1. The summed E-state index contributed by atoms with van der Waals surface area (Å²) in [5.41, 5.74) is 1.46. The van der Waals surface area contributed by atoms with Gasteiger partial charge < -0.3 is 10.2 Å². The van der Waals surface area contributed by atoms with Crippen molar-refractivity contribution in [2.24, 2.45) is 0 Å². The lowest BCUT2D eigenvalue weighted by Crippen LogP contribution is -2.51. The smallest absolute Gasteiger partial charge is 0.265 e. The predicted octanol–water partition coefficient (Wildman–Crippen LogP) is -1.14. The minimum absolute atomic E-state index is 0.325. The number of hydrogen-bond donors (Lipinski definition) is 3. The van der Waals surface area contributed by atoms with Crippen LogP contribution < -0.4 is 10.8 Å². The highest BCUT2D eigenvalue weighted by molar-refractivity contribution is 5.90. The van der Waals surface area contributed by atoms with Gasteiger partial charge in [0.15, 0.2) is 0 Å². The normalized spacial score (nSPS) is 13.6. The molecule has 0 aliphatic carbocycles. The Labute approximate surface area is 93.8 Å². The molecule has 0 saturated heterocycles. The molecule has 0 aromatic rings. The Balaban J connectivity index is 4.48. The molecule has 0 fully saturated rings. The van der Waals surface area contributed by atoms with E-state index in [-0.39, 0.29) is 5.91 Å². The van der Waals surface area contributed by atoms with Gasteiger partial charge in [-0.2, -0.15) is 0 Å². The second kappa shape index (κ2) is 6.06. The Kier molecular flexibility index (Phi) is 5.44. The third-order valence-electron chi connectivity index (χ3n) is 2.21. The maximum absolute atomic E-state index is 11.7. The molecule has 16 heavy (non-hydrogen) atoms. The van der Waals surface area contributed by atoms with Crippen LogP contribution in [0.5, 0.6) is 0 Å². The SMILES string of the molecule is CC(=O)NC(C)C(=O)N(C)C(C)C(=O)NO. The summed E-state index contributed by atoms with van der Waals surface area (Å²) in [5.74, 6) is -1.43. The monoisotopic (exact) mass is 231 g/mol. The van der Waals surface area contributed by atoms with Crippen molar-refractivity contribution in [3.63, 3.8) is 0 Å². The van der Waals surface area contributed by atoms with Crippen LogP contribution in [0.1, 0.15) is 20.8 Å². The Hall–Kier alpha value is -1.63. The molecule has 0 aromatic carbocycles. The molecule has 0 aromatic heterocycles. The lowest BCUT2D eigenvalue weighted by Gasteiger charge is -2.26. The van der Waals surface area contributed by atoms with Crippen LogP contribution >= 0.6 is 0 Å². The Morgan fingerprint density at radius 2 is 1.75 bits per heavy atom. The van der Waals surface area contributed by atoms with Gasteiger partial charge in [0.05, 0.1) is 0 Å². The van der Waals surface area contributed by atoms with Gasteiger partial charge in [0.2, 0.25) is 11.8 Å². The zero-order chi connectivity index (χ0) is 12.9. The summed E-state index contributed by atoms with van der Waals surface area (Å²) in [5, 5.41) is 10.8. The van der Waals surface area contributed by atoms with Gasteiger partial charge in [-0.05, 0) is 13.8 Å². The number of hydroxylamine groups is 1. The molecular formula is C9H17N3O4. The molecule has 2 unspecified atom stereocenters. The first kappa shape index (κ1) is 14.4. The van der Waals surface area contributed by atoms with E-state index in [1.54, 1.807) is 0 Å². The number of carbonyl (C=O) groups is 3. The van der Waals surface area contributed by atoms with Crippen LogP contribution in [0, 0.1) is 0 Å². The van der Waals surface area contributed by atoms with Gasteiger partial charge in [-0.1, -0.05) is 0 Å².